The minimum absolute atomic E-state index is 0.196. The van der Waals surface area contributed by atoms with E-state index < -0.39 is 10.1 Å². The van der Waals surface area contributed by atoms with E-state index in [9.17, 15) is 8.42 Å². The lowest BCUT2D eigenvalue weighted by Crippen LogP contribution is -2.05. The fraction of sp³-hybridized carbons (Fsp3) is 0.625. The lowest BCUT2D eigenvalue weighted by molar-refractivity contribution is 0.326. The largest absolute Gasteiger partial charge is 0.270 e. The monoisotopic (exact) mass is 235 g/mol. The van der Waals surface area contributed by atoms with Crippen LogP contribution in [-0.2, 0) is 20.7 Å². The average Bonchev–Trinajstić information content (AvgIpc) is 2.27. The summed E-state index contributed by atoms with van der Waals surface area (Å²) in [5, 5.41) is 0.997. The highest BCUT2D eigenvalue weighted by molar-refractivity contribution is 7.85. The van der Waals surface area contributed by atoms with Crippen LogP contribution >= 0.6 is 11.3 Å². The van der Waals surface area contributed by atoms with Crippen LogP contribution in [0.25, 0.3) is 0 Å². The van der Waals surface area contributed by atoms with E-state index >= 15 is 0 Å². The number of hydrogen-bond acceptors (Lipinski definition) is 5. The molecule has 0 aromatic carbocycles. The summed E-state index contributed by atoms with van der Waals surface area (Å²) in [7, 11) is -3.32. The predicted molar refractivity (Wildman–Crippen MR) is 56.1 cm³/mol. The maximum Gasteiger partial charge on any atom is 0.264 e. The molecule has 0 atom stereocenters. The SMILES string of the molecule is Cc1nc(C)c(CCOS(C)(=O)=O)s1. The highest BCUT2D eigenvalue weighted by atomic mass is 32.2. The molecule has 0 bridgehead atoms. The first-order chi connectivity index (χ1) is 6.38. The van der Waals surface area contributed by atoms with Crippen molar-refractivity contribution in [1.29, 1.82) is 0 Å². The van der Waals surface area contributed by atoms with E-state index in [4.69, 9.17) is 0 Å². The standard InChI is InChI=1S/C8H13NO3S2/c1-6-8(13-7(2)9-6)4-5-12-14(3,10)11/h4-5H2,1-3H3. The summed E-state index contributed by atoms with van der Waals surface area (Å²) in [6, 6.07) is 0. The van der Waals surface area contributed by atoms with E-state index in [1.165, 1.54) is 0 Å². The van der Waals surface area contributed by atoms with E-state index in [1.807, 2.05) is 13.8 Å². The second kappa shape index (κ2) is 4.37. The lowest BCUT2D eigenvalue weighted by atomic mass is 10.3. The van der Waals surface area contributed by atoms with Crippen LogP contribution in [0.2, 0.25) is 0 Å². The molecule has 0 saturated heterocycles. The van der Waals surface area contributed by atoms with E-state index in [0.29, 0.717) is 6.42 Å². The van der Waals surface area contributed by atoms with Gasteiger partial charge in [-0.25, -0.2) is 4.98 Å². The normalized spacial score (nSPS) is 11.9. The Balaban J connectivity index is 2.50. The molecule has 0 fully saturated rings. The van der Waals surface area contributed by atoms with Gasteiger partial charge in [-0.2, -0.15) is 8.42 Å². The molecule has 80 valence electrons. The molecule has 0 N–H and O–H groups in total. The lowest BCUT2D eigenvalue weighted by Gasteiger charge is -1.99. The van der Waals surface area contributed by atoms with Gasteiger partial charge in [-0.15, -0.1) is 11.3 Å². The average molecular weight is 235 g/mol. The van der Waals surface area contributed by atoms with E-state index in [0.717, 1.165) is 21.8 Å². The van der Waals surface area contributed by atoms with Gasteiger partial charge in [0.15, 0.2) is 0 Å². The first-order valence-corrected chi connectivity index (χ1v) is 6.79. The van der Waals surface area contributed by atoms with Crippen LogP contribution in [0.4, 0.5) is 0 Å². The Hall–Kier alpha value is -0.460. The van der Waals surface area contributed by atoms with Crippen LogP contribution < -0.4 is 0 Å². The molecule has 1 aromatic rings. The van der Waals surface area contributed by atoms with Gasteiger partial charge < -0.3 is 0 Å². The van der Waals surface area contributed by atoms with Gasteiger partial charge in [0, 0.05) is 11.3 Å². The second-order valence-corrected chi connectivity index (χ2v) is 5.95. The highest BCUT2D eigenvalue weighted by Gasteiger charge is 2.06. The van der Waals surface area contributed by atoms with Gasteiger partial charge in [0.2, 0.25) is 0 Å². The summed E-state index contributed by atoms with van der Waals surface area (Å²) in [6.07, 6.45) is 1.65. The molecule has 1 rings (SSSR count). The van der Waals surface area contributed by atoms with Gasteiger partial charge in [-0.05, 0) is 13.8 Å². The molecule has 0 aliphatic rings. The third-order valence-corrected chi connectivity index (χ3v) is 3.35. The van der Waals surface area contributed by atoms with Crippen molar-refractivity contribution in [2.45, 2.75) is 20.3 Å². The van der Waals surface area contributed by atoms with Crippen LogP contribution in [0.15, 0.2) is 0 Å². The quantitative estimate of drug-likeness (QED) is 0.738. The summed E-state index contributed by atoms with van der Waals surface area (Å²) < 4.78 is 26.0. The van der Waals surface area contributed by atoms with E-state index in [2.05, 4.69) is 9.17 Å². The maximum absolute atomic E-state index is 10.7. The molecule has 0 aliphatic carbocycles. The molecule has 0 unspecified atom stereocenters. The summed E-state index contributed by atoms with van der Waals surface area (Å²) in [5.41, 5.74) is 0.963. The molecule has 0 radical (unpaired) electrons. The van der Waals surface area contributed by atoms with Gasteiger partial charge in [0.05, 0.1) is 23.6 Å². The fourth-order valence-corrected chi connectivity index (χ4v) is 2.40. The third-order valence-electron chi connectivity index (χ3n) is 1.63. The van der Waals surface area contributed by atoms with Crippen molar-refractivity contribution in [3.63, 3.8) is 0 Å². The zero-order valence-electron chi connectivity index (χ0n) is 8.40. The number of rotatable bonds is 4. The van der Waals surface area contributed by atoms with Crippen LogP contribution in [0.3, 0.4) is 0 Å². The Labute approximate surface area is 88.1 Å². The third kappa shape index (κ3) is 3.73. The Morgan fingerprint density at radius 2 is 2.07 bits per heavy atom. The van der Waals surface area contributed by atoms with E-state index in [-0.39, 0.29) is 6.61 Å². The van der Waals surface area contributed by atoms with Gasteiger partial charge in [0.1, 0.15) is 0 Å². The zero-order chi connectivity index (χ0) is 10.8. The molecule has 4 nitrogen and oxygen atoms in total. The zero-order valence-corrected chi connectivity index (χ0v) is 10.0. The van der Waals surface area contributed by atoms with Crippen LogP contribution in [-0.4, -0.2) is 26.3 Å². The predicted octanol–water partition coefficient (Wildman–Crippen LogP) is 1.28. The van der Waals surface area contributed by atoms with Crippen molar-refractivity contribution < 1.29 is 12.6 Å². The maximum atomic E-state index is 10.7. The molecule has 1 heterocycles. The number of nitrogens with zero attached hydrogens (tertiary/aromatic N) is 1. The smallest absolute Gasteiger partial charge is 0.264 e. The number of thiazole rings is 1. The van der Waals surface area contributed by atoms with Crippen molar-refractivity contribution in [2.75, 3.05) is 12.9 Å². The van der Waals surface area contributed by atoms with Crippen molar-refractivity contribution in [2.24, 2.45) is 0 Å². The molecular weight excluding hydrogens is 222 g/mol. The van der Waals surface area contributed by atoms with Crippen molar-refractivity contribution >= 4 is 21.5 Å². The van der Waals surface area contributed by atoms with Crippen molar-refractivity contribution in [3.05, 3.63) is 15.6 Å². The molecule has 0 aliphatic heterocycles. The van der Waals surface area contributed by atoms with Crippen LogP contribution in [0.1, 0.15) is 15.6 Å². The van der Waals surface area contributed by atoms with Crippen LogP contribution in [0, 0.1) is 13.8 Å². The number of aryl methyl sites for hydroxylation is 2. The van der Waals surface area contributed by atoms with Crippen molar-refractivity contribution in [3.8, 4) is 0 Å². The van der Waals surface area contributed by atoms with Crippen LogP contribution in [0.5, 0.6) is 0 Å². The minimum atomic E-state index is -3.32. The van der Waals surface area contributed by atoms with Crippen molar-refractivity contribution in [1.82, 2.24) is 4.98 Å². The topological polar surface area (TPSA) is 56.3 Å². The summed E-state index contributed by atoms with van der Waals surface area (Å²) in [6.45, 7) is 4.04. The Kier molecular flexibility index (Phi) is 3.63. The number of hydrogen-bond donors (Lipinski definition) is 0. The Morgan fingerprint density at radius 1 is 1.43 bits per heavy atom. The first kappa shape index (κ1) is 11.6. The fourth-order valence-electron chi connectivity index (χ4n) is 1.09. The molecule has 0 spiro atoms. The van der Waals surface area contributed by atoms with Gasteiger partial charge >= 0.3 is 0 Å². The molecule has 0 saturated carbocycles. The molecule has 6 heteroatoms. The Morgan fingerprint density at radius 3 is 2.50 bits per heavy atom. The molecule has 14 heavy (non-hydrogen) atoms. The summed E-state index contributed by atoms with van der Waals surface area (Å²) in [5.74, 6) is 0. The van der Waals surface area contributed by atoms with E-state index in [1.54, 1.807) is 11.3 Å². The molecule has 0 amide bonds. The first-order valence-electron chi connectivity index (χ1n) is 4.16. The molecular formula is C8H13NO3S2. The highest BCUT2D eigenvalue weighted by Crippen LogP contribution is 2.17. The van der Waals surface area contributed by atoms with Gasteiger partial charge in [-0.1, -0.05) is 0 Å². The minimum Gasteiger partial charge on any atom is -0.270 e. The summed E-state index contributed by atoms with van der Waals surface area (Å²) >= 11 is 1.58. The summed E-state index contributed by atoms with van der Waals surface area (Å²) in [4.78, 5) is 5.33. The second-order valence-electron chi connectivity index (χ2n) is 3.02. The Bertz CT molecular complexity index is 408. The van der Waals surface area contributed by atoms with Gasteiger partial charge in [-0.3, -0.25) is 4.18 Å². The molecule has 1 aromatic heterocycles. The number of aromatic nitrogens is 1. The van der Waals surface area contributed by atoms with Gasteiger partial charge in [0.25, 0.3) is 10.1 Å².